The van der Waals surface area contributed by atoms with Crippen LogP contribution in [0.5, 0.6) is 0 Å². The van der Waals surface area contributed by atoms with E-state index in [9.17, 15) is 4.79 Å². The first-order chi connectivity index (χ1) is 7.46. The lowest BCUT2D eigenvalue weighted by Gasteiger charge is -2.24. The van der Waals surface area contributed by atoms with Gasteiger partial charge in [0.2, 0.25) is 0 Å². The van der Waals surface area contributed by atoms with Crippen molar-refractivity contribution in [1.29, 1.82) is 0 Å². The molecule has 4 heteroatoms. The molecule has 0 spiro atoms. The third-order valence-corrected chi connectivity index (χ3v) is 3.07. The van der Waals surface area contributed by atoms with Crippen molar-refractivity contribution >= 4 is 5.97 Å². The van der Waals surface area contributed by atoms with E-state index < -0.39 is 11.5 Å². The summed E-state index contributed by atoms with van der Waals surface area (Å²) < 4.78 is 5.53. The number of carboxylic acids is 1. The fourth-order valence-corrected chi connectivity index (χ4v) is 1.32. The summed E-state index contributed by atoms with van der Waals surface area (Å²) in [6.45, 7) is 6.57. The Balaban J connectivity index is 3.68. The van der Waals surface area contributed by atoms with Crippen molar-refractivity contribution in [1.82, 2.24) is 5.32 Å². The third kappa shape index (κ3) is 5.47. The predicted octanol–water partition coefficient (Wildman–Crippen LogP) is 2.03. The Labute approximate surface area is 98.4 Å². The maximum absolute atomic E-state index is 11.0. The number of unbranched alkanes of at least 4 members (excludes halogenated alkanes) is 1. The Morgan fingerprint density at radius 3 is 2.56 bits per heavy atom. The predicted molar refractivity (Wildman–Crippen MR) is 64.7 cm³/mol. The van der Waals surface area contributed by atoms with E-state index >= 15 is 0 Å². The van der Waals surface area contributed by atoms with Gasteiger partial charge in [0.1, 0.15) is 5.54 Å². The molecule has 96 valence electrons. The number of nitrogens with one attached hydrogen (secondary N) is 1. The smallest absolute Gasteiger partial charge is 0.323 e. The van der Waals surface area contributed by atoms with Crippen LogP contribution in [0.25, 0.3) is 0 Å². The SMILES string of the molecule is CCC(C)OCCCCC(C)(NC)C(=O)O. The van der Waals surface area contributed by atoms with Gasteiger partial charge in [0.25, 0.3) is 0 Å². The molecule has 0 heterocycles. The lowest BCUT2D eigenvalue weighted by Crippen LogP contribution is -2.47. The van der Waals surface area contributed by atoms with E-state index in [4.69, 9.17) is 9.84 Å². The minimum absolute atomic E-state index is 0.301. The van der Waals surface area contributed by atoms with Crippen molar-refractivity contribution in [2.75, 3.05) is 13.7 Å². The quantitative estimate of drug-likeness (QED) is 0.596. The van der Waals surface area contributed by atoms with Crippen LogP contribution in [0.3, 0.4) is 0 Å². The molecule has 0 radical (unpaired) electrons. The molecule has 0 aromatic carbocycles. The molecule has 0 bridgehead atoms. The second-order valence-electron chi connectivity index (χ2n) is 4.43. The molecule has 0 rings (SSSR count). The highest BCUT2D eigenvalue weighted by molar-refractivity contribution is 5.78. The van der Waals surface area contributed by atoms with Gasteiger partial charge in [0.05, 0.1) is 6.10 Å². The number of ether oxygens (including phenoxy) is 1. The average molecular weight is 231 g/mol. The van der Waals surface area contributed by atoms with E-state index in [1.165, 1.54) is 0 Å². The highest BCUT2D eigenvalue weighted by Crippen LogP contribution is 2.14. The Morgan fingerprint density at radius 2 is 2.12 bits per heavy atom. The molecular weight excluding hydrogens is 206 g/mol. The summed E-state index contributed by atoms with van der Waals surface area (Å²) in [6.07, 6.45) is 3.72. The Bertz CT molecular complexity index is 208. The largest absolute Gasteiger partial charge is 0.480 e. The van der Waals surface area contributed by atoms with Gasteiger partial charge in [-0.1, -0.05) is 6.92 Å². The molecule has 0 aromatic rings. The number of carboxylic acid groups (broad SMARTS) is 1. The molecule has 0 aliphatic carbocycles. The number of likely N-dealkylation sites (N-methyl/N-ethyl adjacent to an activating group) is 1. The molecule has 0 fully saturated rings. The molecule has 16 heavy (non-hydrogen) atoms. The summed E-state index contributed by atoms with van der Waals surface area (Å²) in [6, 6.07) is 0. The van der Waals surface area contributed by atoms with Crippen LogP contribution in [-0.4, -0.2) is 36.4 Å². The van der Waals surface area contributed by atoms with Crippen LogP contribution >= 0.6 is 0 Å². The molecule has 0 amide bonds. The zero-order valence-electron chi connectivity index (χ0n) is 10.9. The van der Waals surface area contributed by atoms with Gasteiger partial charge >= 0.3 is 5.97 Å². The van der Waals surface area contributed by atoms with Crippen molar-refractivity contribution in [2.45, 2.75) is 58.1 Å². The number of rotatable bonds is 9. The lowest BCUT2D eigenvalue weighted by molar-refractivity contribution is -0.144. The van der Waals surface area contributed by atoms with Gasteiger partial charge < -0.3 is 15.2 Å². The molecule has 0 saturated carbocycles. The standard InChI is InChI=1S/C12H25NO3/c1-5-10(2)16-9-7-6-8-12(3,13-4)11(14)15/h10,13H,5-9H2,1-4H3,(H,14,15). The maximum atomic E-state index is 11.0. The van der Waals surface area contributed by atoms with E-state index in [2.05, 4.69) is 19.2 Å². The highest BCUT2D eigenvalue weighted by Gasteiger charge is 2.29. The van der Waals surface area contributed by atoms with Crippen molar-refractivity contribution in [2.24, 2.45) is 0 Å². The van der Waals surface area contributed by atoms with Gasteiger partial charge in [0.15, 0.2) is 0 Å². The second kappa shape index (κ2) is 7.63. The Morgan fingerprint density at radius 1 is 1.50 bits per heavy atom. The molecule has 0 aliphatic rings. The van der Waals surface area contributed by atoms with Gasteiger partial charge in [-0.05, 0) is 46.6 Å². The third-order valence-electron chi connectivity index (χ3n) is 3.07. The molecule has 0 aliphatic heterocycles. The monoisotopic (exact) mass is 231 g/mol. The second-order valence-corrected chi connectivity index (χ2v) is 4.43. The van der Waals surface area contributed by atoms with Crippen LogP contribution in [0.1, 0.15) is 46.5 Å². The molecule has 0 saturated heterocycles. The molecule has 2 N–H and O–H groups in total. The first kappa shape index (κ1) is 15.4. The lowest BCUT2D eigenvalue weighted by atomic mass is 9.95. The number of carbonyl (C=O) groups is 1. The summed E-state index contributed by atoms with van der Waals surface area (Å²) >= 11 is 0. The van der Waals surface area contributed by atoms with Gasteiger partial charge in [-0.2, -0.15) is 0 Å². The molecule has 0 aromatic heterocycles. The van der Waals surface area contributed by atoms with E-state index in [1.54, 1.807) is 14.0 Å². The van der Waals surface area contributed by atoms with Crippen molar-refractivity contribution < 1.29 is 14.6 Å². The number of hydrogen-bond acceptors (Lipinski definition) is 3. The number of aliphatic carboxylic acids is 1. The maximum Gasteiger partial charge on any atom is 0.323 e. The topological polar surface area (TPSA) is 58.6 Å². The van der Waals surface area contributed by atoms with Crippen LogP contribution in [0, 0.1) is 0 Å². The minimum atomic E-state index is -0.809. The fraction of sp³-hybridized carbons (Fsp3) is 0.917. The van der Waals surface area contributed by atoms with Crippen molar-refractivity contribution in [3.05, 3.63) is 0 Å². The molecule has 2 unspecified atom stereocenters. The fourth-order valence-electron chi connectivity index (χ4n) is 1.32. The zero-order chi connectivity index (χ0) is 12.6. The van der Waals surface area contributed by atoms with Crippen LogP contribution in [0.15, 0.2) is 0 Å². The van der Waals surface area contributed by atoms with Gasteiger partial charge in [-0.3, -0.25) is 4.79 Å². The zero-order valence-corrected chi connectivity index (χ0v) is 10.9. The normalized spacial score (nSPS) is 16.8. The Hall–Kier alpha value is -0.610. The van der Waals surface area contributed by atoms with Crippen molar-refractivity contribution in [3.63, 3.8) is 0 Å². The minimum Gasteiger partial charge on any atom is -0.480 e. The summed E-state index contributed by atoms with van der Waals surface area (Å²) in [4.78, 5) is 11.0. The van der Waals surface area contributed by atoms with Gasteiger partial charge in [-0.15, -0.1) is 0 Å². The van der Waals surface area contributed by atoms with Crippen LogP contribution < -0.4 is 5.32 Å². The van der Waals surface area contributed by atoms with E-state index in [0.29, 0.717) is 19.1 Å². The van der Waals surface area contributed by atoms with Crippen LogP contribution in [-0.2, 0) is 9.53 Å². The first-order valence-corrected chi connectivity index (χ1v) is 6.00. The highest BCUT2D eigenvalue weighted by atomic mass is 16.5. The summed E-state index contributed by atoms with van der Waals surface area (Å²) in [5, 5.41) is 11.9. The Kier molecular flexibility index (Phi) is 7.34. The van der Waals surface area contributed by atoms with E-state index in [1.807, 2.05) is 0 Å². The van der Waals surface area contributed by atoms with Gasteiger partial charge in [0, 0.05) is 6.61 Å². The van der Waals surface area contributed by atoms with Gasteiger partial charge in [-0.25, -0.2) is 0 Å². The summed E-state index contributed by atoms with van der Waals surface area (Å²) in [5.41, 5.74) is -0.809. The summed E-state index contributed by atoms with van der Waals surface area (Å²) in [7, 11) is 1.68. The van der Waals surface area contributed by atoms with E-state index in [-0.39, 0.29) is 0 Å². The molecule has 4 nitrogen and oxygen atoms in total. The molecular formula is C12H25NO3. The van der Waals surface area contributed by atoms with E-state index in [0.717, 1.165) is 19.3 Å². The molecule has 2 atom stereocenters. The number of hydrogen-bond donors (Lipinski definition) is 2. The van der Waals surface area contributed by atoms with Crippen LogP contribution in [0.4, 0.5) is 0 Å². The van der Waals surface area contributed by atoms with Crippen LogP contribution in [0.2, 0.25) is 0 Å². The average Bonchev–Trinajstić information content (AvgIpc) is 2.27. The summed E-state index contributed by atoms with van der Waals surface area (Å²) in [5.74, 6) is -0.794. The van der Waals surface area contributed by atoms with Crippen molar-refractivity contribution in [3.8, 4) is 0 Å². The first-order valence-electron chi connectivity index (χ1n) is 6.00.